The van der Waals surface area contributed by atoms with Crippen LogP contribution in [-0.2, 0) is 0 Å². The number of furan rings is 1. The van der Waals surface area contributed by atoms with E-state index in [2.05, 4.69) is 5.32 Å². The minimum atomic E-state index is -0.310. The van der Waals surface area contributed by atoms with E-state index in [1.807, 2.05) is 18.2 Å². The molecule has 0 aliphatic carbocycles. The fraction of sp³-hybridized carbons (Fsp3) is 0.0833. The molecule has 1 heterocycles. The summed E-state index contributed by atoms with van der Waals surface area (Å²) in [5, 5.41) is 4.67. The first-order chi connectivity index (χ1) is 15.0. The SMILES string of the molecule is COc1ccc(C(=O)CNc2c(C(=O)c3ccc(Cl)cc3)oc3ccccc23)cc1Cl. The number of hydrogen-bond acceptors (Lipinski definition) is 5. The highest BCUT2D eigenvalue weighted by Crippen LogP contribution is 2.33. The summed E-state index contributed by atoms with van der Waals surface area (Å²) < 4.78 is 11.0. The number of nitrogens with one attached hydrogen (secondary N) is 1. The van der Waals surface area contributed by atoms with Gasteiger partial charge in [-0.15, -0.1) is 0 Å². The third-order valence-corrected chi connectivity index (χ3v) is 5.35. The van der Waals surface area contributed by atoms with Gasteiger partial charge in [-0.05, 0) is 54.6 Å². The van der Waals surface area contributed by atoms with Crippen molar-refractivity contribution in [1.29, 1.82) is 0 Å². The average Bonchev–Trinajstić information content (AvgIpc) is 3.16. The van der Waals surface area contributed by atoms with Gasteiger partial charge in [0.25, 0.3) is 0 Å². The lowest BCUT2D eigenvalue weighted by Crippen LogP contribution is -2.15. The predicted molar refractivity (Wildman–Crippen MR) is 122 cm³/mol. The van der Waals surface area contributed by atoms with Crippen molar-refractivity contribution in [2.45, 2.75) is 0 Å². The minimum Gasteiger partial charge on any atom is -0.495 e. The van der Waals surface area contributed by atoms with Crippen LogP contribution < -0.4 is 10.1 Å². The molecule has 31 heavy (non-hydrogen) atoms. The molecule has 1 aromatic heterocycles. The highest BCUT2D eigenvalue weighted by molar-refractivity contribution is 6.32. The first-order valence-electron chi connectivity index (χ1n) is 9.40. The zero-order chi connectivity index (χ0) is 22.0. The Morgan fingerprint density at radius 2 is 1.68 bits per heavy atom. The van der Waals surface area contributed by atoms with Gasteiger partial charge in [-0.1, -0.05) is 35.3 Å². The third kappa shape index (κ3) is 4.29. The first-order valence-corrected chi connectivity index (χ1v) is 10.2. The zero-order valence-corrected chi connectivity index (χ0v) is 18.0. The number of ether oxygens (including phenoxy) is 1. The molecule has 4 aromatic rings. The average molecular weight is 454 g/mol. The number of ketones is 2. The number of hydrogen-bond donors (Lipinski definition) is 1. The number of rotatable bonds is 7. The van der Waals surface area contributed by atoms with Crippen LogP contribution in [0.2, 0.25) is 10.0 Å². The molecule has 0 fully saturated rings. The van der Waals surface area contributed by atoms with E-state index in [9.17, 15) is 9.59 Å². The van der Waals surface area contributed by atoms with Crippen LogP contribution in [0.5, 0.6) is 5.75 Å². The summed E-state index contributed by atoms with van der Waals surface area (Å²) in [5.41, 5.74) is 1.86. The van der Waals surface area contributed by atoms with E-state index in [-0.39, 0.29) is 23.9 Å². The molecule has 0 atom stereocenters. The molecule has 0 bridgehead atoms. The number of methoxy groups -OCH3 is 1. The summed E-state index contributed by atoms with van der Waals surface area (Å²) in [6.45, 7) is -0.0485. The van der Waals surface area contributed by atoms with Crippen LogP contribution in [-0.4, -0.2) is 25.2 Å². The standard InChI is InChI=1S/C24H17Cl2NO4/c1-30-21-11-8-15(12-18(21)26)19(28)13-27-22-17-4-2-3-5-20(17)31-24(22)23(29)14-6-9-16(25)10-7-14/h2-12,27H,13H2,1H3. The smallest absolute Gasteiger partial charge is 0.230 e. The Kier molecular flexibility index (Phi) is 5.98. The summed E-state index contributed by atoms with van der Waals surface area (Å²) in [7, 11) is 1.51. The fourth-order valence-corrected chi connectivity index (χ4v) is 3.61. The van der Waals surface area contributed by atoms with E-state index in [4.69, 9.17) is 32.4 Å². The number of fused-ring (bicyclic) bond motifs is 1. The Balaban J connectivity index is 1.64. The van der Waals surface area contributed by atoms with Crippen LogP contribution in [0.15, 0.2) is 71.1 Å². The van der Waals surface area contributed by atoms with E-state index < -0.39 is 0 Å². The molecular formula is C24H17Cl2NO4. The van der Waals surface area contributed by atoms with Gasteiger partial charge in [-0.2, -0.15) is 0 Å². The molecule has 156 valence electrons. The topological polar surface area (TPSA) is 68.5 Å². The van der Waals surface area contributed by atoms with E-state index in [1.54, 1.807) is 48.5 Å². The third-order valence-electron chi connectivity index (χ3n) is 4.81. The number of para-hydroxylation sites is 1. The normalized spacial score (nSPS) is 10.8. The molecule has 3 aromatic carbocycles. The number of halogens is 2. The fourth-order valence-electron chi connectivity index (χ4n) is 3.22. The molecule has 0 unspecified atom stereocenters. The first kappa shape index (κ1) is 21.0. The molecule has 0 aliphatic rings. The Morgan fingerprint density at radius 3 is 2.39 bits per heavy atom. The summed E-state index contributed by atoms with van der Waals surface area (Å²) >= 11 is 12.1. The number of carbonyl (C=O) groups excluding carboxylic acids is 2. The van der Waals surface area contributed by atoms with Crippen molar-refractivity contribution in [2.24, 2.45) is 0 Å². The zero-order valence-electron chi connectivity index (χ0n) is 16.4. The lowest BCUT2D eigenvalue weighted by atomic mass is 10.1. The van der Waals surface area contributed by atoms with Gasteiger partial charge in [0.2, 0.25) is 5.78 Å². The monoisotopic (exact) mass is 453 g/mol. The Hall–Kier alpha value is -3.28. The maximum Gasteiger partial charge on any atom is 0.230 e. The maximum absolute atomic E-state index is 13.1. The Bertz CT molecular complexity index is 1280. The molecule has 0 spiro atoms. The molecule has 0 saturated heterocycles. The van der Waals surface area contributed by atoms with Crippen molar-refractivity contribution in [3.05, 3.63) is 93.7 Å². The highest BCUT2D eigenvalue weighted by Gasteiger charge is 2.22. The summed E-state index contributed by atoms with van der Waals surface area (Å²) in [6.07, 6.45) is 0. The minimum absolute atomic E-state index is 0.0485. The van der Waals surface area contributed by atoms with Crippen molar-refractivity contribution >= 4 is 51.4 Å². The summed E-state index contributed by atoms with van der Waals surface area (Å²) in [4.78, 5) is 25.8. The van der Waals surface area contributed by atoms with Gasteiger partial charge in [0.15, 0.2) is 11.5 Å². The molecule has 7 heteroatoms. The molecule has 0 saturated carbocycles. The Morgan fingerprint density at radius 1 is 0.968 bits per heavy atom. The van der Waals surface area contributed by atoms with Crippen molar-refractivity contribution in [3.8, 4) is 5.75 Å². The second-order valence-electron chi connectivity index (χ2n) is 6.76. The maximum atomic E-state index is 13.1. The largest absolute Gasteiger partial charge is 0.495 e. The van der Waals surface area contributed by atoms with Crippen LogP contribution >= 0.6 is 23.2 Å². The molecule has 0 radical (unpaired) electrons. The molecule has 4 rings (SSSR count). The lowest BCUT2D eigenvalue weighted by molar-refractivity contribution is 0.0997. The highest BCUT2D eigenvalue weighted by atomic mass is 35.5. The van der Waals surface area contributed by atoms with Crippen molar-refractivity contribution in [1.82, 2.24) is 0 Å². The van der Waals surface area contributed by atoms with E-state index in [0.717, 1.165) is 0 Å². The van der Waals surface area contributed by atoms with Crippen LogP contribution in [0.1, 0.15) is 26.5 Å². The van der Waals surface area contributed by atoms with Crippen LogP contribution in [0.4, 0.5) is 5.69 Å². The Labute approximate surface area is 188 Å². The van der Waals surface area contributed by atoms with Gasteiger partial charge in [0.1, 0.15) is 11.3 Å². The van der Waals surface area contributed by atoms with Gasteiger partial charge in [-0.25, -0.2) is 0 Å². The molecule has 5 nitrogen and oxygen atoms in total. The van der Waals surface area contributed by atoms with E-state index in [0.29, 0.717) is 43.6 Å². The van der Waals surface area contributed by atoms with Crippen LogP contribution in [0.25, 0.3) is 11.0 Å². The summed E-state index contributed by atoms with van der Waals surface area (Å²) in [6, 6.07) is 18.6. The van der Waals surface area contributed by atoms with Gasteiger partial charge in [0.05, 0.1) is 24.4 Å². The lowest BCUT2D eigenvalue weighted by Gasteiger charge is -2.08. The van der Waals surface area contributed by atoms with Gasteiger partial charge in [-0.3, -0.25) is 9.59 Å². The molecular weight excluding hydrogens is 437 g/mol. The van der Waals surface area contributed by atoms with Gasteiger partial charge in [0, 0.05) is 21.5 Å². The van der Waals surface area contributed by atoms with Crippen molar-refractivity contribution in [2.75, 3.05) is 19.0 Å². The summed E-state index contributed by atoms with van der Waals surface area (Å²) in [5.74, 6) is 0.113. The van der Waals surface area contributed by atoms with E-state index in [1.165, 1.54) is 7.11 Å². The predicted octanol–water partition coefficient (Wildman–Crippen LogP) is 6.27. The number of Topliss-reactive ketones (excluding diaryl/α,β-unsaturated/α-hetero) is 1. The molecule has 0 amide bonds. The van der Waals surface area contributed by atoms with Crippen LogP contribution in [0, 0.1) is 0 Å². The second-order valence-corrected chi connectivity index (χ2v) is 7.61. The number of carbonyl (C=O) groups is 2. The van der Waals surface area contributed by atoms with Gasteiger partial charge < -0.3 is 14.5 Å². The van der Waals surface area contributed by atoms with Crippen molar-refractivity contribution < 1.29 is 18.7 Å². The van der Waals surface area contributed by atoms with Crippen LogP contribution in [0.3, 0.4) is 0 Å². The number of anilines is 1. The quantitative estimate of drug-likeness (QED) is 0.333. The molecule has 0 aliphatic heterocycles. The van der Waals surface area contributed by atoms with E-state index >= 15 is 0 Å². The number of benzene rings is 3. The molecule has 1 N–H and O–H groups in total. The second kappa shape index (κ2) is 8.84. The van der Waals surface area contributed by atoms with Crippen molar-refractivity contribution in [3.63, 3.8) is 0 Å². The van der Waals surface area contributed by atoms with Gasteiger partial charge >= 0.3 is 0 Å².